The molecule has 2 aromatic rings. The van der Waals surface area contributed by atoms with Crippen molar-refractivity contribution < 1.29 is 14.3 Å². The topological polar surface area (TPSA) is 58.6 Å². The van der Waals surface area contributed by atoms with Crippen LogP contribution in [-0.4, -0.2) is 36.4 Å². The summed E-state index contributed by atoms with van der Waals surface area (Å²) < 4.78 is 5.74. The zero-order valence-electron chi connectivity index (χ0n) is 16.7. The van der Waals surface area contributed by atoms with Crippen molar-refractivity contribution in [1.82, 2.24) is 4.90 Å². The maximum Gasteiger partial charge on any atom is 0.255 e. The summed E-state index contributed by atoms with van der Waals surface area (Å²) in [6.45, 7) is 3.95. The van der Waals surface area contributed by atoms with Crippen molar-refractivity contribution in [3.63, 3.8) is 0 Å². The summed E-state index contributed by atoms with van der Waals surface area (Å²) in [6.07, 6.45) is 4.06. The van der Waals surface area contributed by atoms with Crippen molar-refractivity contribution in [3.05, 3.63) is 58.6 Å². The molecule has 5 nitrogen and oxygen atoms in total. The minimum Gasteiger partial charge on any atom is -0.493 e. The van der Waals surface area contributed by atoms with Gasteiger partial charge in [-0.05, 0) is 62.4 Å². The van der Waals surface area contributed by atoms with Crippen molar-refractivity contribution in [2.75, 3.05) is 25.0 Å². The maximum atomic E-state index is 12.9. The Balaban J connectivity index is 1.56. The number of anilines is 1. The lowest BCUT2D eigenvalue weighted by Gasteiger charge is -2.27. The zero-order valence-corrected chi connectivity index (χ0v) is 17.5. The Morgan fingerprint density at radius 2 is 1.86 bits per heavy atom. The lowest BCUT2D eigenvalue weighted by Crippen LogP contribution is -2.36. The average molecular weight is 415 g/mol. The Labute approximate surface area is 177 Å². The maximum absolute atomic E-state index is 12.9. The van der Waals surface area contributed by atoms with E-state index in [1.807, 2.05) is 36.1 Å². The molecule has 1 heterocycles. The second-order valence-corrected chi connectivity index (χ2v) is 7.74. The quantitative estimate of drug-likeness (QED) is 0.643. The lowest BCUT2D eigenvalue weighted by atomic mass is 10.1. The van der Waals surface area contributed by atoms with Gasteiger partial charge < -0.3 is 15.0 Å². The van der Waals surface area contributed by atoms with Crippen molar-refractivity contribution in [2.45, 2.75) is 39.0 Å². The third-order valence-corrected chi connectivity index (χ3v) is 5.26. The van der Waals surface area contributed by atoms with Crippen LogP contribution in [0, 0.1) is 6.92 Å². The average Bonchev–Trinajstić information content (AvgIpc) is 2.73. The molecule has 29 heavy (non-hydrogen) atoms. The summed E-state index contributed by atoms with van der Waals surface area (Å²) in [4.78, 5) is 27.1. The van der Waals surface area contributed by atoms with Crippen LogP contribution < -0.4 is 10.1 Å². The normalized spacial score (nSPS) is 13.8. The summed E-state index contributed by atoms with van der Waals surface area (Å²) in [5, 5.41) is 3.34. The molecule has 3 rings (SSSR count). The summed E-state index contributed by atoms with van der Waals surface area (Å²) in [6, 6.07) is 12.8. The van der Waals surface area contributed by atoms with Gasteiger partial charge in [0.25, 0.3) is 5.91 Å². The van der Waals surface area contributed by atoms with E-state index in [0.717, 1.165) is 43.7 Å². The molecule has 0 atom stereocenters. The number of halogens is 1. The number of ether oxygens (including phenoxy) is 1. The number of nitrogens with one attached hydrogen (secondary N) is 1. The van der Waals surface area contributed by atoms with Crippen LogP contribution in [0.4, 0.5) is 5.69 Å². The van der Waals surface area contributed by atoms with Gasteiger partial charge in [0.2, 0.25) is 5.91 Å². The Morgan fingerprint density at radius 1 is 1.10 bits per heavy atom. The van der Waals surface area contributed by atoms with E-state index >= 15 is 0 Å². The zero-order chi connectivity index (χ0) is 20.6. The Hall–Kier alpha value is -2.53. The van der Waals surface area contributed by atoms with Crippen molar-refractivity contribution in [2.24, 2.45) is 0 Å². The van der Waals surface area contributed by atoms with E-state index in [1.165, 1.54) is 0 Å². The molecule has 0 radical (unpaired) electrons. The van der Waals surface area contributed by atoms with Crippen LogP contribution in [0.3, 0.4) is 0 Å². The molecule has 6 heteroatoms. The number of para-hydroxylation sites is 1. The molecule has 0 spiro atoms. The van der Waals surface area contributed by atoms with Crippen molar-refractivity contribution in [3.8, 4) is 5.75 Å². The molecule has 1 saturated heterocycles. The van der Waals surface area contributed by atoms with Crippen LogP contribution in [0.5, 0.6) is 5.75 Å². The summed E-state index contributed by atoms with van der Waals surface area (Å²) >= 11 is 6.10. The summed E-state index contributed by atoms with van der Waals surface area (Å²) in [5.74, 6) is 0.616. The van der Waals surface area contributed by atoms with E-state index in [-0.39, 0.29) is 11.8 Å². The fourth-order valence-electron chi connectivity index (χ4n) is 3.42. The van der Waals surface area contributed by atoms with E-state index in [0.29, 0.717) is 35.7 Å². The molecule has 0 saturated carbocycles. The molecule has 0 bridgehead atoms. The molecular weight excluding hydrogens is 388 g/mol. The van der Waals surface area contributed by atoms with Gasteiger partial charge in [-0.15, -0.1) is 0 Å². The van der Waals surface area contributed by atoms with Crippen LogP contribution in [-0.2, 0) is 4.79 Å². The molecule has 0 unspecified atom stereocenters. The van der Waals surface area contributed by atoms with Crippen molar-refractivity contribution in [1.29, 1.82) is 0 Å². The highest BCUT2D eigenvalue weighted by Gasteiger charge is 2.21. The smallest absolute Gasteiger partial charge is 0.255 e. The number of aryl methyl sites for hydroxylation is 1. The highest BCUT2D eigenvalue weighted by Crippen LogP contribution is 2.24. The molecular formula is C23H27ClN2O3. The van der Waals surface area contributed by atoms with E-state index in [1.54, 1.807) is 18.2 Å². The van der Waals surface area contributed by atoms with Gasteiger partial charge in [0.05, 0.1) is 17.9 Å². The van der Waals surface area contributed by atoms with Crippen molar-refractivity contribution >= 4 is 29.1 Å². The highest BCUT2D eigenvalue weighted by molar-refractivity contribution is 6.31. The van der Waals surface area contributed by atoms with Gasteiger partial charge in [-0.2, -0.15) is 0 Å². The first-order valence-corrected chi connectivity index (χ1v) is 10.5. The number of hydrogen-bond acceptors (Lipinski definition) is 3. The number of carbonyl (C=O) groups is 2. The van der Waals surface area contributed by atoms with E-state index in [4.69, 9.17) is 16.3 Å². The van der Waals surface area contributed by atoms with Crippen LogP contribution in [0.2, 0.25) is 5.02 Å². The van der Waals surface area contributed by atoms with Gasteiger partial charge in [0.1, 0.15) is 5.75 Å². The Kier molecular flexibility index (Phi) is 7.53. The summed E-state index contributed by atoms with van der Waals surface area (Å²) in [5.41, 5.74) is 2.02. The molecule has 1 aliphatic heterocycles. The number of rotatable bonds is 7. The summed E-state index contributed by atoms with van der Waals surface area (Å²) in [7, 11) is 0. The minimum atomic E-state index is -0.159. The fourth-order valence-corrected chi connectivity index (χ4v) is 3.59. The largest absolute Gasteiger partial charge is 0.493 e. The van der Waals surface area contributed by atoms with Crippen LogP contribution >= 0.6 is 11.6 Å². The van der Waals surface area contributed by atoms with Crippen LogP contribution in [0.25, 0.3) is 0 Å². The monoisotopic (exact) mass is 414 g/mol. The third-order valence-electron chi connectivity index (χ3n) is 5.03. The van der Waals surface area contributed by atoms with E-state index in [9.17, 15) is 9.59 Å². The molecule has 2 amide bonds. The van der Waals surface area contributed by atoms with Gasteiger partial charge >= 0.3 is 0 Å². The number of amides is 2. The van der Waals surface area contributed by atoms with E-state index in [2.05, 4.69) is 5.32 Å². The predicted octanol–water partition coefficient (Wildman–Crippen LogP) is 5.07. The minimum absolute atomic E-state index is 0.0560. The number of benzene rings is 2. The highest BCUT2D eigenvalue weighted by atomic mass is 35.5. The number of nitrogens with zero attached hydrogens (tertiary/aromatic N) is 1. The van der Waals surface area contributed by atoms with Gasteiger partial charge in [-0.3, -0.25) is 9.59 Å². The molecule has 1 aliphatic rings. The molecule has 0 aromatic heterocycles. The molecule has 154 valence electrons. The first kappa shape index (κ1) is 21.2. The number of piperidine rings is 1. The Morgan fingerprint density at radius 3 is 2.62 bits per heavy atom. The molecule has 1 fully saturated rings. The van der Waals surface area contributed by atoms with Gasteiger partial charge in [-0.25, -0.2) is 0 Å². The third kappa shape index (κ3) is 5.97. The van der Waals surface area contributed by atoms with Gasteiger partial charge in [0.15, 0.2) is 0 Å². The number of likely N-dealkylation sites (tertiary alicyclic amines) is 1. The first-order valence-electron chi connectivity index (χ1n) is 10.1. The number of carbonyl (C=O) groups excluding carboxylic acids is 2. The van der Waals surface area contributed by atoms with E-state index < -0.39 is 0 Å². The second-order valence-electron chi connectivity index (χ2n) is 7.31. The molecule has 2 aromatic carbocycles. The molecule has 0 aliphatic carbocycles. The number of hydrogen-bond donors (Lipinski definition) is 1. The van der Waals surface area contributed by atoms with Gasteiger partial charge in [-0.1, -0.05) is 29.8 Å². The first-order chi connectivity index (χ1) is 14.0. The fraction of sp³-hybridized carbons (Fsp3) is 0.391. The SMILES string of the molecule is Cc1ccccc1OCCCC(=O)Nc1cc(Cl)ccc1C(=O)N1CCCCC1. The lowest BCUT2D eigenvalue weighted by molar-refractivity contribution is -0.116. The Bertz CT molecular complexity index is 863. The second kappa shape index (κ2) is 10.3. The predicted molar refractivity (Wildman–Crippen MR) is 116 cm³/mol. The van der Waals surface area contributed by atoms with Gasteiger partial charge in [0, 0.05) is 24.5 Å². The standard InChI is InChI=1S/C23H27ClN2O3/c1-17-8-3-4-9-21(17)29-15-7-10-22(27)25-20-16-18(24)11-12-19(20)23(28)26-13-5-2-6-14-26/h3-4,8-9,11-12,16H,2,5-7,10,13-15H2,1H3,(H,25,27). The van der Waals surface area contributed by atoms with Crippen LogP contribution in [0.15, 0.2) is 42.5 Å². The molecule has 1 N–H and O–H groups in total. The van der Waals surface area contributed by atoms with Crippen LogP contribution in [0.1, 0.15) is 48.0 Å².